The van der Waals surface area contributed by atoms with E-state index in [9.17, 15) is 14.4 Å². The summed E-state index contributed by atoms with van der Waals surface area (Å²) in [6.45, 7) is 2.49. The molecule has 0 fully saturated rings. The molecule has 6 heteroatoms. The van der Waals surface area contributed by atoms with E-state index in [4.69, 9.17) is 0 Å². The minimum Gasteiger partial charge on any atom is -0.346 e. The summed E-state index contributed by atoms with van der Waals surface area (Å²) in [5.41, 5.74) is 1.30. The number of para-hydroxylation sites is 2. The van der Waals surface area contributed by atoms with Gasteiger partial charge in [-0.15, -0.1) is 0 Å². The highest BCUT2D eigenvalue weighted by atomic mass is 16.2. The number of benzene rings is 1. The topological polar surface area (TPSA) is 69.7 Å². The van der Waals surface area contributed by atoms with E-state index in [2.05, 4.69) is 5.32 Å². The Morgan fingerprint density at radius 2 is 2.00 bits per heavy atom. The van der Waals surface area contributed by atoms with Crippen molar-refractivity contribution in [2.24, 2.45) is 0 Å². The Kier molecular flexibility index (Phi) is 4.57. The van der Waals surface area contributed by atoms with Gasteiger partial charge in [0, 0.05) is 26.4 Å². The summed E-state index contributed by atoms with van der Waals surface area (Å²) in [7, 11) is 1.70. The van der Waals surface area contributed by atoms with Crippen LogP contribution in [0.1, 0.15) is 19.8 Å². The quantitative estimate of drug-likeness (QED) is 0.906. The zero-order valence-electron chi connectivity index (χ0n) is 12.3. The number of carbonyl (C=O) groups excluding carboxylic acids is 3. The van der Waals surface area contributed by atoms with E-state index in [0.29, 0.717) is 17.9 Å². The molecule has 0 unspecified atom stereocenters. The van der Waals surface area contributed by atoms with Crippen LogP contribution in [0.5, 0.6) is 0 Å². The Hall–Kier alpha value is -2.37. The zero-order valence-corrected chi connectivity index (χ0v) is 12.3. The maximum absolute atomic E-state index is 12.3. The molecule has 1 aromatic carbocycles. The summed E-state index contributed by atoms with van der Waals surface area (Å²) >= 11 is 0. The van der Waals surface area contributed by atoms with Gasteiger partial charge in [0.1, 0.15) is 6.54 Å². The molecular formula is C15H19N3O3. The average Bonchev–Trinajstić information content (AvgIpc) is 2.50. The predicted octanol–water partition coefficient (Wildman–Crippen LogP) is 1.23. The summed E-state index contributed by atoms with van der Waals surface area (Å²) in [5.74, 6) is -0.505. The molecule has 112 valence electrons. The van der Waals surface area contributed by atoms with Crippen LogP contribution in [0, 0.1) is 0 Å². The zero-order chi connectivity index (χ0) is 15.4. The molecule has 3 amide bonds. The maximum atomic E-state index is 12.3. The van der Waals surface area contributed by atoms with Gasteiger partial charge in [0.15, 0.2) is 0 Å². The third-order valence-corrected chi connectivity index (χ3v) is 3.52. The number of nitrogens with one attached hydrogen (secondary N) is 1. The third-order valence-electron chi connectivity index (χ3n) is 3.52. The maximum Gasteiger partial charge on any atom is 0.244 e. The summed E-state index contributed by atoms with van der Waals surface area (Å²) in [4.78, 5) is 38.7. The molecule has 6 nitrogen and oxygen atoms in total. The van der Waals surface area contributed by atoms with E-state index >= 15 is 0 Å². The Morgan fingerprint density at radius 3 is 2.71 bits per heavy atom. The minimum atomic E-state index is -0.223. The van der Waals surface area contributed by atoms with Crippen LogP contribution >= 0.6 is 0 Å². The van der Waals surface area contributed by atoms with Crippen LogP contribution in [-0.4, -0.2) is 42.8 Å². The number of anilines is 2. The van der Waals surface area contributed by atoms with Crippen LogP contribution in [0.25, 0.3) is 0 Å². The van der Waals surface area contributed by atoms with E-state index in [1.54, 1.807) is 30.1 Å². The van der Waals surface area contributed by atoms with Crippen LogP contribution in [0.3, 0.4) is 0 Å². The molecule has 0 atom stereocenters. The van der Waals surface area contributed by atoms with Crippen molar-refractivity contribution in [1.29, 1.82) is 0 Å². The lowest BCUT2D eigenvalue weighted by Crippen LogP contribution is -2.42. The molecule has 0 aliphatic carbocycles. The van der Waals surface area contributed by atoms with Crippen LogP contribution < -0.4 is 10.2 Å². The first kappa shape index (κ1) is 15.0. The second-order valence-electron chi connectivity index (χ2n) is 4.95. The normalized spacial score (nSPS) is 13.4. The second kappa shape index (κ2) is 6.39. The van der Waals surface area contributed by atoms with Gasteiger partial charge in [0.25, 0.3) is 0 Å². The van der Waals surface area contributed by atoms with Crippen molar-refractivity contribution in [3.05, 3.63) is 24.3 Å². The Labute approximate surface area is 123 Å². The summed E-state index contributed by atoms with van der Waals surface area (Å²) in [5, 5.41) is 2.73. The van der Waals surface area contributed by atoms with Gasteiger partial charge >= 0.3 is 0 Å². The largest absolute Gasteiger partial charge is 0.346 e. The number of fused-ring (bicyclic) bond motifs is 1. The van der Waals surface area contributed by atoms with Gasteiger partial charge in [-0.25, -0.2) is 0 Å². The van der Waals surface area contributed by atoms with E-state index < -0.39 is 0 Å². The smallest absolute Gasteiger partial charge is 0.244 e. The second-order valence-corrected chi connectivity index (χ2v) is 4.95. The molecule has 21 heavy (non-hydrogen) atoms. The molecular weight excluding hydrogens is 270 g/mol. The SMILES string of the molecule is CCN(C)C(=O)CCC(=O)N1CC(=O)Nc2ccccc21. The Bertz CT molecular complexity index is 571. The van der Waals surface area contributed by atoms with Gasteiger partial charge in [0.05, 0.1) is 11.4 Å². The number of carbonyl (C=O) groups is 3. The van der Waals surface area contributed by atoms with Crippen molar-refractivity contribution in [3.63, 3.8) is 0 Å². The fourth-order valence-electron chi connectivity index (χ4n) is 2.17. The summed E-state index contributed by atoms with van der Waals surface area (Å²) < 4.78 is 0. The molecule has 0 saturated carbocycles. The summed E-state index contributed by atoms with van der Waals surface area (Å²) in [6.07, 6.45) is 0.258. The number of nitrogens with zero attached hydrogens (tertiary/aromatic N) is 2. The number of amides is 3. The highest BCUT2D eigenvalue weighted by Gasteiger charge is 2.26. The number of hydrogen-bond acceptors (Lipinski definition) is 3. The first-order chi connectivity index (χ1) is 10.0. The van der Waals surface area contributed by atoms with Crippen LogP contribution in [0.15, 0.2) is 24.3 Å². The van der Waals surface area contributed by atoms with E-state index in [1.165, 1.54) is 4.90 Å². The standard InChI is InChI=1S/C15H19N3O3/c1-3-17(2)14(20)8-9-15(21)18-10-13(19)16-11-6-4-5-7-12(11)18/h4-7H,3,8-10H2,1-2H3,(H,16,19). The fourth-order valence-corrected chi connectivity index (χ4v) is 2.17. The van der Waals surface area contributed by atoms with E-state index in [1.807, 2.05) is 13.0 Å². The molecule has 1 aliphatic heterocycles. The molecule has 0 aromatic heterocycles. The molecule has 1 heterocycles. The number of hydrogen-bond donors (Lipinski definition) is 1. The van der Waals surface area contributed by atoms with Gasteiger partial charge in [-0.2, -0.15) is 0 Å². The molecule has 0 radical (unpaired) electrons. The van der Waals surface area contributed by atoms with Crippen LogP contribution in [0.2, 0.25) is 0 Å². The van der Waals surface area contributed by atoms with Gasteiger partial charge < -0.3 is 15.1 Å². The van der Waals surface area contributed by atoms with Crippen molar-refractivity contribution >= 4 is 29.1 Å². The lowest BCUT2D eigenvalue weighted by Gasteiger charge is -2.29. The first-order valence-corrected chi connectivity index (χ1v) is 6.96. The van der Waals surface area contributed by atoms with Crippen molar-refractivity contribution in [1.82, 2.24) is 4.90 Å². The molecule has 2 rings (SSSR count). The van der Waals surface area contributed by atoms with Gasteiger partial charge in [-0.1, -0.05) is 12.1 Å². The van der Waals surface area contributed by atoms with Crippen molar-refractivity contribution < 1.29 is 14.4 Å². The molecule has 1 aliphatic rings. The average molecular weight is 289 g/mol. The van der Waals surface area contributed by atoms with Crippen molar-refractivity contribution in [2.45, 2.75) is 19.8 Å². The molecule has 0 saturated heterocycles. The summed E-state index contributed by atoms with van der Waals surface area (Å²) in [6, 6.07) is 7.15. The molecule has 1 N–H and O–H groups in total. The van der Waals surface area contributed by atoms with Crippen molar-refractivity contribution in [2.75, 3.05) is 30.4 Å². The van der Waals surface area contributed by atoms with Crippen LogP contribution in [-0.2, 0) is 14.4 Å². The van der Waals surface area contributed by atoms with Gasteiger partial charge in [-0.05, 0) is 19.1 Å². The predicted molar refractivity (Wildman–Crippen MR) is 80.0 cm³/mol. The number of rotatable bonds is 4. The Morgan fingerprint density at radius 1 is 1.29 bits per heavy atom. The monoisotopic (exact) mass is 289 g/mol. The molecule has 0 spiro atoms. The highest BCUT2D eigenvalue weighted by Crippen LogP contribution is 2.29. The lowest BCUT2D eigenvalue weighted by molar-refractivity contribution is -0.131. The van der Waals surface area contributed by atoms with Crippen LogP contribution in [0.4, 0.5) is 11.4 Å². The lowest BCUT2D eigenvalue weighted by atomic mass is 10.1. The van der Waals surface area contributed by atoms with Gasteiger partial charge in [-0.3, -0.25) is 14.4 Å². The van der Waals surface area contributed by atoms with Crippen molar-refractivity contribution in [3.8, 4) is 0 Å². The van der Waals surface area contributed by atoms with E-state index in [0.717, 1.165) is 0 Å². The minimum absolute atomic E-state index is 0.00630. The fraction of sp³-hybridized carbons (Fsp3) is 0.400. The van der Waals surface area contributed by atoms with E-state index in [-0.39, 0.29) is 37.1 Å². The third kappa shape index (κ3) is 3.39. The molecule has 0 bridgehead atoms. The van der Waals surface area contributed by atoms with Gasteiger partial charge in [0.2, 0.25) is 17.7 Å². The molecule has 1 aromatic rings. The first-order valence-electron chi connectivity index (χ1n) is 6.96. The highest BCUT2D eigenvalue weighted by molar-refractivity contribution is 6.10. The Balaban J connectivity index is 2.06.